The van der Waals surface area contributed by atoms with Crippen LogP contribution in [0, 0.1) is 0 Å². The molecule has 11 heavy (non-hydrogen) atoms. The summed E-state index contributed by atoms with van der Waals surface area (Å²) < 4.78 is 0.916. The van der Waals surface area contributed by atoms with Crippen LogP contribution in [0.2, 0.25) is 0 Å². The fourth-order valence-corrected chi connectivity index (χ4v) is 0.633. The average Bonchev–Trinajstić information content (AvgIpc) is 1.84. The van der Waals surface area contributed by atoms with E-state index in [-0.39, 0.29) is 6.61 Å². The first-order chi connectivity index (χ1) is 5.24. The quantitative estimate of drug-likeness (QED) is 0.489. The SMILES string of the molecule is O=C(O)n1cc(NCCO)[nH]1. The van der Waals surface area contributed by atoms with E-state index in [0.29, 0.717) is 12.4 Å². The second-order valence-corrected chi connectivity index (χ2v) is 1.96. The van der Waals surface area contributed by atoms with Crippen molar-refractivity contribution in [3.05, 3.63) is 6.20 Å². The Balaban J connectivity index is 2.34. The van der Waals surface area contributed by atoms with Crippen LogP contribution in [-0.2, 0) is 0 Å². The molecule has 0 aliphatic carbocycles. The molecular weight excluding hydrogens is 150 g/mol. The van der Waals surface area contributed by atoms with Gasteiger partial charge in [-0.1, -0.05) is 0 Å². The highest BCUT2D eigenvalue weighted by molar-refractivity contribution is 5.68. The smallest absolute Gasteiger partial charge is 0.430 e. The van der Waals surface area contributed by atoms with Crippen LogP contribution >= 0.6 is 0 Å². The summed E-state index contributed by atoms with van der Waals surface area (Å²) in [5.74, 6) is 0.599. The first kappa shape index (κ1) is 7.67. The molecule has 4 N–H and O–H groups in total. The van der Waals surface area contributed by atoms with Gasteiger partial charge in [-0.05, 0) is 0 Å². The average molecular weight is 159 g/mol. The Labute approximate surface area is 62.4 Å². The number of H-pyrrole nitrogens is 1. The van der Waals surface area contributed by atoms with Crippen LogP contribution in [0.4, 0.5) is 10.6 Å². The minimum Gasteiger partial charge on any atom is -0.463 e. The summed E-state index contributed by atoms with van der Waals surface area (Å²) in [7, 11) is 0. The maximum absolute atomic E-state index is 10.1. The molecule has 0 saturated heterocycles. The van der Waals surface area contributed by atoms with Crippen LogP contribution in [-0.4, -0.2) is 39.2 Å². The van der Waals surface area contributed by atoms with Gasteiger partial charge in [-0.15, -0.1) is 0 Å². The molecule has 0 aromatic carbocycles. The van der Waals surface area contributed by atoms with E-state index in [4.69, 9.17) is 10.2 Å². The fraction of sp³-hybridized carbons (Fsp3) is 0.400. The lowest BCUT2D eigenvalue weighted by Gasteiger charge is -2.11. The maximum Gasteiger partial charge on any atom is 0.430 e. The van der Waals surface area contributed by atoms with Gasteiger partial charge in [0.1, 0.15) is 5.82 Å². The van der Waals surface area contributed by atoms with Crippen molar-refractivity contribution in [3.63, 3.8) is 0 Å². The molecule has 0 aliphatic rings. The molecule has 0 spiro atoms. The van der Waals surface area contributed by atoms with Crippen molar-refractivity contribution in [1.82, 2.24) is 9.78 Å². The number of carboxylic acid groups (broad SMARTS) is 1. The van der Waals surface area contributed by atoms with E-state index in [1.165, 1.54) is 6.20 Å². The number of aliphatic hydroxyl groups is 1. The topological polar surface area (TPSA) is 90.3 Å². The molecule has 0 radical (unpaired) electrons. The molecule has 0 aliphatic heterocycles. The van der Waals surface area contributed by atoms with Crippen LogP contribution in [0.25, 0.3) is 0 Å². The van der Waals surface area contributed by atoms with Crippen LogP contribution in [0.5, 0.6) is 0 Å². The first-order valence-corrected chi connectivity index (χ1v) is 3.09. The highest BCUT2D eigenvalue weighted by Crippen LogP contribution is 2.02. The lowest BCUT2D eigenvalue weighted by molar-refractivity contribution is 0.191. The lowest BCUT2D eigenvalue weighted by Crippen LogP contribution is -2.20. The zero-order valence-electron chi connectivity index (χ0n) is 5.74. The van der Waals surface area contributed by atoms with Crippen LogP contribution in [0.1, 0.15) is 0 Å². The van der Waals surface area contributed by atoms with Crippen molar-refractivity contribution >= 4 is 11.9 Å². The van der Waals surface area contributed by atoms with Gasteiger partial charge in [0.2, 0.25) is 0 Å². The number of anilines is 1. The largest absolute Gasteiger partial charge is 0.463 e. The Kier molecular flexibility index (Phi) is 2.17. The van der Waals surface area contributed by atoms with Crippen LogP contribution < -0.4 is 5.32 Å². The number of aromatic nitrogens is 2. The Bertz CT molecular complexity index is 227. The van der Waals surface area contributed by atoms with E-state index >= 15 is 0 Å². The Morgan fingerprint density at radius 1 is 1.82 bits per heavy atom. The van der Waals surface area contributed by atoms with Crippen molar-refractivity contribution in [2.24, 2.45) is 0 Å². The molecule has 6 heteroatoms. The van der Waals surface area contributed by atoms with Gasteiger partial charge in [-0.2, -0.15) is 4.68 Å². The molecule has 1 aromatic rings. The lowest BCUT2D eigenvalue weighted by atomic mass is 10.6. The van der Waals surface area contributed by atoms with Crippen LogP contribution in [0.3, 0.4) is 0 Å². The van der Waals surface area contributed by atoms with Crippen molar-refractivity contribution in [2.45, 2.75) is 0 Å². The Morgan fingerprint density at radius 3 is 2.91 bits per heavy atom. The summed E-state index contributed by atoms with van der Waals surface area (Å²) in [5.41, 5.74) is 0. The molecule has 6 nitrogen and oxygen atoms in total. The van der Waals surface area contributed by atoms with Gasteiger partial charge in [0, 0.05) is 6.54 Å². The summed E-state index contributed by atoms with van der Waals surface area (Å²) in [6.07, 6.45) is 0.331. The molecule has 1 aromatic heterocycles. The first-order valence-electron chi connectivity index (χ1n) is 3.09. The van der Waals surface area contributed by atoms with Crippen molar-refractivity contribution in [1.29, 1.82) is 0 Å². The van der Waals surface area contributed by atoms with Gasteiger partial charge in [0.05, 0.1) is 12.8 Å². The normalized spacial score (nSPS) is 9.91. The predicted octanol–water partition coefficient (Wildman–Crippen LogP) is -0.254. The Morgan fingerprint density at radius 2 is 2.45 bits per heavy atom. The zero-order valence-corrected chi connectivity index (χ0v) is 5.74. The van der Waals surface area contributed by atoms with Gasteiger partial charge < -0.3 is 15.5 Å². The molecule has 1 rings (SSSR count). The third-order valence-corrected chi connectivity index (χ3v) is 1.13. The zero-order chi connectivity index (χ0) is 8.27. The summed E-state index contributed by atoms with van der Waals surface area (Å²) in [4.78, 5) is 10.1. The maximum atomic E-state index is 10.1. The van der Waals surface area contributed by atoms with Gasteiger partial charge in [0.15, 0.2) is 0 Å². The predicted molar refractivity (Wildman–Crippen MR) is 37.8 cm³/mol. The highest BCUT2D eigenvalue weighted by Gasteiger charge is 2.04. The van der Waals surface area contributed by atoms with E-state index in [2.05, 4.69) is 10.4 Å². The monoisotopic (exact) mass is 159 g/mol. The van der Waals surface area contributed by atoms with E-state index in [1.54, 1.807) is 0 Å². The molecule has 0 amide bonds. The standard InChI is InChI=1S/C5H9N3O3/c9-2-1-6-4-3-8(7-4)5(10)11/h3,6-7,9H,1-2H2,(H,10,11). The molecular formula is C5H9N3O3. The molecule has 0 fully saturated rings. The fourth-order valence-electron chi connectivity index (χ4n) is 0.633. The second-order valence-electron chi connectivity index (χ2n) is 1.96. The second kappa shape index (κ2) is 3.11. The minimum absolute atomic E-state index is 0.0199. The van der Waals surface area contributed by atoms with Gasteiger partial charge in [-0.3, -0.25) is 5.10 Å². The van der Waals surface area contributed by atoms with Crippen LogP contribution in [0.15, 0.2) is 6.20 Å². The third kappa shape index (κ3) is 1.74. The van der Waals surface area contributed by atoms with E-state index < -0.39 is 6.09 Å². The molecule has 62 valence electrons. The highest BCUT2D eigenvalue weighted by atomic mass is 16.4. The number of nitrogens with one attached hydrogen (secondary N) is 2. The molecule has 0 saturated carbocycles. The molecule has 0 bridgehead atoms. The molecule has 0 atom stereocenters. The van der Waals surface area contributed by atoms with E-state index in [9.17, 15) is 4.79 Å². The van der Waals surface area contributed by atoms with Crippen molar-refractivity contribution in [3.8, 4) is 0 Å². The number of hydrogen-bond donors (Lipinski definition) is 4. The van der Waals surface area contributed by atoms with Gasteiger partial charge in [-0.25, -0.2) is 4.79 Å². The number of rotatable bonds is 3. The third-order valence-electron chi connectivity index (χ3n) is 1.13. The molecule has 1 heterocycles. The summed E-state index contributed by atoms with van der Waals surface area (Å²) in [5, 5.41) is 21.9. The number of carbonyl (C=O) groups is 1. The van der Waals surface area contributed by atoms with E-state index in [1.807, 2.05) is 0 Å². The minimum atomic E-state index is -1.06. The summed E-state index contributed by atoms with van der Waals surface area (Å²) in [6.45, 7) is 0.429. The van der Waals surface area contributed by atoms with Crippen molar-refractivity contribution < 1.29 is 15.0 Å². The summed E-state index contributed by atoms with van der Waals surface area (Å²) in [6, 6.07) is 0. The van der Waals surface area contributed by atoms with E-state index in [0.717, 1.165) is 4.68 Å². The summed E-state index contributed by atoms with van der Waals surface area (Å²) >= 11 is 0. The number of nitrogens with zero attached hydrogens (tertiary/aromatic N) is 1. The Hall–Kier alpha value is -1.43. The van der Waals surface area contributed by atoms with Crippen molar-refractivity contribution in [2.75, 3.05) is 18.5 Å². The number of aliphatic hydroxyl groups excluding tert-OH is 1. The molecule has 0 unspecified atom stereocenters. The van der Waals surface area contributed by atoms with Gasteiger partial charge in [0.25, 0.3) is 0 Å². The number of hydrogen-bond acceptors (Lipinski definition) is 3. The van der Waals surface area contributed by atoms with Gasteiger partial charge >= 0.3 is 6.09 Å². The number of aromatic amines is 1.